The van der Waals surface area contributed by atoms with E-state index < -0.39 is 0 Å². The maximum atomic E-state index is 12.2. The van der Waals surface area contributed by atoms with Gasteiger partial charge in [-0.15, -0.1) is 0 Å². The summed E-state index contributed by atoms with van der Waals surface area (Å²) in [5, 5.41) is 3.09. The van der Waals surface area contributed by atoms with Crippen molar-refractivity contribution in [1.82, 2.24) is 10.3 Å². The van der Waals surface area contributed by atoms with Crippen LogP contribution in [0.15, 0.2) is 40.9 Å². The lowest BCUT2D eigenvalue weighted by atomic mass is 9.94. The quantitative estimate of drug-likeness (QED) is 0.914. The molecule has 1 aromatic carbocycles. The van der Waals surface area contributed by atoms with Crippen molar-refractivity contribution in [1.29, 1.82) is 0 Å². The molecule has 0 spiro atoms. The maximum Gasteiger partial charge on any atom is 0.220 e. The first-order valence-corrected chi connectivity index (χ1v) is 8.45. The van der Waals surface area contributed by atoms with Crippen molar-refractivity contribution in [2.24, 2.45) is 0 Å². The van der Waals surface area contributed by atoms with Gasteiger partial charge in [-0.1, -0.05) is 30.3 Å². The minimum atomic E-state index is -0.163. The number of hydrogen-bond acceptors (Lipinski definition) is 4. The van der Waals surface area contributed by atoms with Crippen molar-refractivity contribution in [3.63, 3.8) is 0 Å². The third-order valence-electron chi connectivity index (χ3n) is 4.24. The Morgan fingerprint density at radius 1 is 1.33 bits per heavy atom. The van der Waals surface area contributed by atoms with Gasteiger partial charge in [-0.25, -0.2) is 4.98 Å². The third kappa shape index (κ3) is 4.45. The van der Waals surface area contributed by atoms with E-state index in [2.05, 4.69) is 24.1 Å². The molecule has 1 saturated heterocycles. The Balaban J connectivity index is 1.49. The fourth-order valence-electron chi connectivity index (χ4n) is 3.04. The maximum absolute atomic E-state index is 12.2. The molecule has 24 heavy (non-hydrogen) atoms. The zero-order valence-corrected chi connectivity index (χ0v) is 14.2. The van der Waals surface area contributed by atoms with Gasteiger partial charge in [0.15, 0.2) is 11.7 Å². The van der Waals surface area contributed by atoms with Crippen LogP contribution in [0.3, 0.4) is 0 Å². The number of aryl methyl sites for hydroxylation is 1. The van der Waals surface area contributed by atoms with Gasteiger partial charge in [-0.3, -0.25) is 4.79 Å². The van der Waals surface area contributed by atoms with Crippen molar-refractivity contribution in [3.8, 4) is 11.3 Å². The molecule has 1 aliphatic rings. The molecule has 0 aliphatic carbocycles. The highest BCUT2D eigenvalue weighted by Gasteiger charge is 2.29. The average Bonchev–Trinajstić information content (AvgIpc) is 3.02. The van der Waals surface area contributed by atoms with Gasteiger partial charge in [-0.2, -0.15) is 0 Å². The van der Waals surface area contributed by atoms with Gasteiger partial charge >= 0.3 is 0 Å². The SMILES string of the molecule is CC1(C)C[C@H](NC(=O)CCc2ncc(-c3ccccc3)o2)CCO1. The lowest BCUT2D eigenvalue weighted by molar-refractivity contribution is -0.124. The fraction of sp³-hybridized carbons (Fsp3) is 0.474. The van der Waals surface area contributed by atoms with Crippen molar-refractivity contribution in [2.45, 2.75) is 51.2 Å². The van der Waals surface area contributed by atoms with Gasteiger partial charge in [0.25, 0.3) is 0 Å². The number of carbonyl (C=O) groups is 1. The zero-order chi connectivity index (χ0) is 17.0. The second-order valence-corrected chi connectivity index (χ2v) is 6.85. The lowest BCUT2D eigenvalue weighted by Crippen LogP contribution is -2.45. The van der Waals surface area contributed by atoms with Gasteiger partial charge in [0.1, 0.15) is 0 Å². The number of rotatable bonds is 5. The van der Waals surface area contributed by atoms with E-state index in [4.69, 9.17) is 9.15 Å². The van der Waals surface area contributed by atoms with E-state index in [1.54, 1.807) is 6.20 Å². The number of nitrogens with zero attached hydrogens (tertiary/aromatic N) is 1. The number of oxazole rings is 1. The minimum absolute atomic E-state index is 0.0390. The van der Waals surface area contributed by atoms with Crippen molar-refractivity contribution >= 4 is 5.91 Å². The van der Waals surface area contributed by atoms with Gasteiger partial charge in [0.05, 0.1) is 11.8 Å². The molecule has 2 heterocycles. The van der Waals surface area contributed by atoms with Gasteiger partial charge in [-0.05, 0) is 26.7 Å². The van der Waals surface area contributed by atoms with Crippen molar-refractivity contribution in [2.75, 3.05) is 6.61 Å². The van der Waals surface area contributed by atoms with Crippen LogP contribution in [-0.2, 0) is 16.0 Å². The van der Waals surface area contributed by atoms with E-state index >= 15 is 0 Å². The molecule has 1 aliphatic heterocycles. The van der Waals surface area contributed by atoms with Crippen molar-refractivity contribution < 1.29 is 13.9 Å². The van der Waals surface area contributed by atoms with Gasteiger partial charge < -0.3 is 14.5 Å². The normalized spacial score (nSPS) is 19.8. The molecular formula is C19H24N2O3. The Morgan fingerprint density at radius 3 is 2.88 bits per heavy atom. The highest BCUT2D eigenvalue weighted by Crippen LogP contribution is 2.24. The third-order valence-corrected chi connectivity index (χ3v) is 4.24. The topological polar surface area (TPSA) is 64.4 Å². The fourth-order valence-corrected chi connectivity index (χ4v) is 3.04. The molecule has 3 rings (SSSR count). The molecular weight excluding hydrogens is 304 g/mol. The molecule has 0 unspecified atom stereocenters. The summed E-state index contributed by atoms with van der Waals surface area (Å²) in [6, 6.07) is 10.0. The molecule has 1 N–H and O–H groups in total. The predicted molar refractivity (Wildman–Crippen MR) is 91.5 cm³/mol. The number of nitrogens with one attached hydrogen (secondary N) is 1. The largest absolute Gasteiger partial charge is 0.441 e. The molecule has 0 bridgehead atoms. The number of carbonyl (C=O) groups excluding carboxylic acids is 1. The summed E-state index contributed by atoms with van der Waals surface area (Å²) < 4.78 is 11.4. The second kappa shape index (κ2) is 7.18. The number of benzene rings is 1. The van der Waals surface area contributed by atoms with Crippen LogP contribution in [0.4, 0.5) is 0 Å². The smallest absolute Gasteiger partial charge is 0.220 e. The van der Waals surface area contributed by atoms with Crippen LogP contribution in [0.1, 0.15) is 39.0 Å². The van der Waals surface area contributed by atoms with E-state index in [1.807, 2.05) is 30.3 Å². The van der Waals surface area contributed by atoms with E-state index in [9.17, 15) is 4.79 Å². The summed E-state index contributed by atoms with van der Waals surface area (Å²) in [4.78, 5) is 16.4. The van der Waals surface area contributed by atoms with Crippen LogP contribution < -0.4 is 5.32 Å². The predicted octanol–water partition coefficient (Wildman–Crippen LogP) is 3.35. The average molecular weight is 328 g/mol. The molecule has 5 heteroatoms. The summed E-state index contributed by atoms with van der Waals surface area (Å²) in [5.41, 5.74) is 0.828. The minimum Gasteiger partial charge on any atom is -0.441 e. The van der Waals surface area contributed by atoms with Crippen LogP contribution in [-0.4, -0.2) is 29.1 Å². The number of hydrogen-bond donors (Lipinski definition) is 1. The number of aromatic nitrogens is 1. The zero-order valence-electron chi connectivity index (χ0n) is 14.2. The number of ether oxygens (including phenoxy) is 1. The van der Waals surface area contributed by atoms with Crippen LogP contribution in [0.25, 0.3) is 11.3 Å². The van der Waals surface area contributed by atoms with E-state index in [-0.39, 0.29) is 17.6 Å². The lowest BCUT2D eigenvalue weighted by Gasteiger charge is -2.35. The molecule has 0 radical (unpaired) electrons. The Kier molecular flexibility index (Phi) is 5.00. The molecule has 5 nitrogen and oxygen atoms in total. The Labute approximate surface area is 142 Å². The Hall–Kier alpha value is -2.14. The highest BCUT2D eigenvalue weighted by atomic mass is 16.5. The summed E-state index contributed by atoms with van der Waals surface area (Å²) in [5.74, 6) is 1.37. The monoisotopic (exact) mass is 328 g/mol. The highest BCUT2D eigenvalue weighted by molar-refractivity contribution is 5.76. The summed E-state index contributed by atoms with van der Waals surface area (Å²) >= 11 is 0. The Bertz CT molecular complexity index is 679. The number of amides is 1. The molecule has 2 aromatic rings. The molecule has 128 valence electrons. The van der Waals surface area contributed by atoms with E-state index in [0.717, 1.165) is 24.2 Å². The molecule has 1 fully saturated rings. The molecule has 1 atom stereocenters. The van der Waals surface area contributed by atoms with Crippen molar-refractivity contribution in [3.05, 3.63) is 42.4 Å². The summed E-state index contributed by atoms with van der Waals surface area (Å²) in [6.45, 7) is 4.81. The first kappa shape index (κ1) is 16.7. The van der Waals surface area contributed by atoms with Crippen LogP contribution in [0.2, 0.25) is 0 Å². The van der Waals surface area contributed by atoms with Crippen LogP contribution >= 0.6 is 0 Å². The van der Waals surface area contributed by atoms with E-state index in [0.29, 0.717) is 25.3 Å². The molecule has 1 amide bonds. The summed E-state index contributed by atoms with van der Waals surface area (Å²) in [6.07, 6.45) is 4.31. The standard InChI is InChI=1S/C19H24N2O3/c1-19(2)12-15(10-11-23-19)21-17(22)8-9-18-20-13-16(24-18)14-6-4-3-5-7-14/h3-7,13,15H,8-12H2,1-2H3,(H,21,22)/t15-/m1/s1. The van der Waals surface area contributed by atoms with Crippen LogP contribution in [0, 0.1) is 0 Å². The van der Waals surface area contributed by atoms with Gasteiger partial charge in [0.2, 0.25) is 5.91 Å². The Morgan fingerprint density at radius 2 is 2.12 bits per heavy atom. The van der Waals surface area contributed by atoms with Gasteiger partial charge in [0, 0.05) is 31.1 Å². The van der Waals surface area contributed by atoms with Crippen LogP contribution in [0.5, 0.6) is 0 Å². The molecule has 0 saturated carbocycles. The summed E-state index contributed by atoms with van der Waals surface area (Å²) in [7, 11) is 0. The first-order chi connectivity index (χ1) is 11.5. The second-order valence-electron chi connectivity index (χ2n) is 6.85. The molecule has 1 aromatic heterocycles. The van der Waals surface area contributed by atoms with E-state index in [1.165, 1.54) is 0 Å². The first-order valence-electron chi connectivity index (χ1n) is 8.45.